The fourth-order valence-corrected chi connectivity index (χ4v) is 3.14. The minimum Gasteiger partial charge on any atom is -0.448 e. The van der Waals surface area contributed by atoms with Gasteiger partial charge in [0.1, 0.15) is 6.61 Å². The Balaban J connectivity index is 2.74. The van der Waals surface area contributed by atoms with Crippen molar-refractivity contribution in [3.8, 4) is 0 Å². The lowest BCUT2D eigenvalue weighted by atomic mass is 10.3. The molecule has 0 saturated carbocycles. The number of carbonyl (C=O) groups excluding carboxylic acids is 1. The quantitative estimate of drug-likeness (QED) is 0.530. The second-order valence-corrected chi connectivity index (χ2v) is 5.84. The number of benzene rings is 1. The van der Waals surface area contributed by atoms with Crippen LogP contribution in [0, 0.1) is 0 Å². The molecule has 0 aliphatic rings. The second kappa shape index (κ2) is 6.03. The number of hydrogen-bond donors (Lipinski definition) is 3. The van der Waals surface area contributed by atoms with Crippen molar-refractivity contribution >= 4 is 37.7 Å². The van der Waals surface area contributed by atoms with Crippen molar-refractivity contribution in [1.29, 1.82) is 0 Å². The zero-order valence-electron chi connectivity index (χ0n) is 9.22. The molecule has 0 heterocycles. The maximum absolute atomic E-state index is 11.9. The predicted molar refractivity (Wildman–Crippen MR) is 69.3 cm³/mol. The Kier molecular flexibility index (Phi) is 4.93. The third-order valence-electron chi connectivity index (χ3n) is 1.88. The molecule has 0 atom stereocenters. The molecule has 9 heteroatoms. The van der Waals surface area contributed by atoms with Crippen molar-refractivity contribution in [1.82, 2.24) is 4.72 Å². The lowest BCUT2D eigenvalue weighted by Crippen LogP contribution is -2.29. The zero-order valence-corrected chi connectivity index (χ0v) is 11.6. The van der Waals surface area contributed by atoms with E-state index in [1.165, 1.54) is 12.1 Å². The van der Waals surface area contributed by atoms with Crippen LogP contribution in [0.4, 0.5) is 10.5 Å². The standard InChI is InChI=1S/C9H12BrN3O4S/c10-7-2-1-6(11)5-8(7)18(15,16)13-3-4-17-9(12)14/h1-2,5,13H,3-4,11H2,(H2,12,14). The van der Waals surface area contributed by atoms with Gasteiger partial charge in [0, 0.05) is 16.7 Å². The summed E-state index contributed by atoms with van der Waals surface area (Å²) < 4.78 is 30.8. The van der Waals surface area contributed by atoms with Gasteiger partial charge in [0.05, 0.1) is 4.90 Å². The molecule has 1 rings (SSSR count). The molecule has 0 aliphatic heterocycles. The lowest BCUT2D eigenvalue weighted by Gasteiger charge is -2.09. The van der Waals surface area contributed by atoms with Crippen molar-refractivity contribution in [3.05, 3.63) is 22.7 Å². The maximum Gasteiger partial charge on any atom is 0.404 e. The van der Waals surface area contributed by atoms with Gasteiger partial charge in [-0.15, -0.1) is 0 Å². The molecule has 1 aromatic rings. The van der Waals surface area contributed by atoms with Gasteiger partial charge in [-0.05, 0) is 34.1 Å². The number of nitrogens with two attached hydrogens (primary N) is 2. The summed E-state index contributed by atoms with van der Waals surface area (Å²) in [5.41, 5.74) is 10.6. The van der Waals surface area contributed by atoms with Gasteiger partial charge >= 0.3 is 6.09 Å². The molecule has 7 nitrogen and oxygen atoms in total. The van der Waals surface area contributed by atoms with E-state index in [2.05, 4.69) is 25.4 Å². The summed E-state index contributed by atoms with van der Waals surface area (Å²) in [5, 5.41) is 0. The van der Waals surface area contributed by atoms with Crippen molar-refractivity contribution < 1.29 is 17.9 Å². The van der Waals surface area contributed by atoms with Gasteiger partial charge in [-0.25, -0.2) is 17.9 Å². The minimum absolute atomic E-state index is 0.0153. The first kappa shape index (κ1) is 14.7. The van der Waals surface area contributed by atoms with Crippen LogP contribution in [0.15, 0.2) is 27.6 Å². The van der Waals surface area contributed by atoms with Crippen molar-refractivity contribution in [3.63, 3.8) is 0 Å². The average Bonchev–Trinajstić information content (AvgIpc) is 2.27. The lowest BCUT2D eigenvalue weighted by molar-refractivity contribution is 0.159. The van der Waals surface area contributed by atoms with Crippen LogP contribution in [-0.2, 0) is 14.8 Å². The van der Waals surface area contributed by atoms with Gasteiger partial charge in [-0.1, -0.05) is 0 Å². The van der Waals surface area contributed by atoms with Gasteiger partial charge in [0.15, 0.2) is 0 Å². The molecule has 18 heavy (non-hydrogen) atoms. The second-order valence-electron chi connectivity index (χ2n) is 3.26. The van der Waals surface area contributed by atoms with Crippen molar-refractivity contribution in [2.24, 2.45) is 5.73 Å². The van der Waals surface area contributed by atoms with E-state index in [0.29, 0.717) is 10.2 Å². The topological polar surface area (TPSA) is 125 Å². The Morgan fingerprint density at radius 1 is 1.44 bits per heavy atom. The van der Waals surface area contributed by atoms with Gasteiger partial charge in [0.2, 0.25) is 10.0 Å². The fourth-order valence-electron chi connectivity index (χ4n) is 1.13. The van der Waals surface area contributed by atoms with E-state index in [4.69, 9.17) is 11.5 Å². The smallest absolute Gasteiger partial charge is 0.404 e. The minimum atomic E-state index is -3.72. The van der Waals surface area contributed by atoms with Crippen molar-refractivity contribution in [2.45, 2.75) is 4.90 Å². The molecule has 0 saturated heterocycles. The van der Waals surface area contributed by atoms with Gasteiger partial charge < -0.3 is 16.2 Å². The summed E-state index contributed by atoms with van der Waals surface area (Å²) >= 11 is 3.12. The van der Waals surface area contributed by atoms with Crippen molar-refractivity contribution in [2.75, 3.05) is 18.9 Å². The molecule has 1 amide bonds. The largest absolute Gasteiger partial charge is 0.448 e. The van der Waals surface area contributed by atoms with E-state index in [9.17, 15) is 13.2 Å². The number of rotatable bonds is 5. The summed E-state index contributed by atoms with van der Waals surface area (Å²) in [6, 6.07) is 4.42. The van der Waals surface area contributed by atoms with E-state index in [0.717, 1.165) is 0 Å². The Morgan fingerprint density at radius 3 is 2.72 bits per heavy atom. The predicted octanol–water partition coefficient (Wildman–Crippen LogP) is 0.405. The van der Waals surface area contributed by atoms with Crippen LogP contribution >= 0.6 is 15.9 Å². The van der Waals surface area contributed by atoms with Crippen LogP contribution in [-0.4, -0.2) is 27.7 Å². The van der Waals surface area contributed by atoms with E-state index in [1.807, 2.05) is 0 Å². The molecule has 0 spiro atoms. The number of carbonyl (C=O) groups is 1. The monoisotopic (exact) mass is 337 g/mol. The Labute approximate surface area is 113 Å². The Bertz CT molecular complexity index is 547. The highest BCUT2D eigenvalue weighted by Crippen LogP contribution is 2.23. The number of nitrogens with one attached hydrogen (secondary N) is 1. The van der Waals surface area contributed by atoms with Crippen LogP contribution in [0.1, 0.15) is 0 Å². The summed E-state index contributed by atoms with van der Waals surface area (Å²) in [6.45, 7) is -0.221. The third kappa shape index (κ3) is 4.17. The van der Waals surface area contributed by atoms with Crippen LogP contribution in [0.25, 0.3) is 0 Å². The van der Waals surface area contributed by atoms with E-state index >= 15 is 0 Å². The molecule has 0 aromatic heterocycles. The average molecular weight is 338 g/mol. The van der Waals surface area contributed by atoms with Crippen LogP contribution in [0.3, 0.4) is 0 Å². The molecule has 0 unspecified atom stereocenters. The summed E-state index contributed by atoms with van der Waals surface area (Å²) in [4.78, 5) is 10.3. The van der Waals surface area contributed by atoms with Gasteiger partial charge in [0.25, 0.3) is 0 Å². The number of amides is 1. The fraction of sp³-hybridized carbons (Fsp3) is 0.222. The molecule has 1 aromatic carbocycles. The molecule has 0 aliphatic carbocycles. The molecule has 5 N–H and O–H groups in total. The highest BCUT2D eigenvalue weighted by Gasteiger charge is 2.17. The number of primary amides is 1. The first-order valence-corrected chi connectivity index (χ1v) is 7.07. The SMILES string of the molecule is NC(=O)OCCNS(=O)(=O)c1cc(N)ccc1Br. The number of anilines is 1. The third-order valence-corrected chi connectivity index (χ3v) is 4.34. The van der Waals surface area contributed by atoms with Crippen LogP contribution in [0.5, 0.6) is 0 Å². The maximum atomic E-state index is 11.9. The first-order valence-electron chi connectivity index (χ1n) is 4.80. The van der Waals surface area contributed by atoms with E-state index in [1.54, 1.807) is 6.07 Å². The molecular weight excluding hydrogens is 326 g/mol. The highest BCUT2D eigenvalue weighted by atomic mass is 79.9. The molecule has 0 fully saturated rings. The number of ether oxygens (including phenoxy) is 1. The summed E-state index contributed by atoms with van der Waals surface area (Å²) in [7, 11) is -3.72. The number of halogens is 1. The van der Waals surface area contributed by atoms with E-state index < -0.39 is 16.1 Å². The highest BCUT2D eigenvalue weighted by molar-refractivity contribution is 9.10. The molecule has 100 valence electrons. The number of hydrogen-bond acceptors (Lipinski definition) is 5. The normalized spacial score (nSPS) is 11.2. The Morgan fingerprint density at radius 2 is 2.11 bits per heavy atom. The number of sulfonamides is 1. The zero-order chi connectivity index (χ0) is 13.8. The summed E-state index contributed by atoms with van der Waals surface area (Å²) in [5.74, 6) is 0. The van der Waals surface area contributed by atoms with Gasteiger partial charge in [-0.3, -0.25) is 0 Å². The molecular formula is C9H12BrN3O4S. The number of nitrogen functional groups attached to an aromatic ring is 1. The van der Waals surface area contributed by atoms with E-state index in [-0.39, 0.29) is 18.0 Å². The van der Waals surface area contributed by atoms with Crippen LogP contribution < -0.4 is 16.2 Å². The molecule has 0 bridgehead atoms. The van der Waals surface area contributed by atoms with Gasteiger partial charge in [-0.2, -0.15) is 0 Å². The Hall–Kier alpha value is -1.32. The first-order chi connectivity index (χ1) is 8.33. The molecule has 0 radical (unpaired) electrons. The summed E-state index contributed by atoms with van der Waals surface area (Å²) in [6.07, 6.45) is -0.959. The van der Waals surface area contributed by atoms with Crippen LogP contribution in [0.2, 0.25) is 0 Å².